The third kappa shape index (κ3) is 4.20. The number of fused-ring (bicyclic) bond motifs is 1. The number of anilines is 1. The van der Waals surface area contributed by atoms with E-state index in [-0.39, 0.29) is 17.6 Å². The number of hydrogen-bond acceptors (Lipinski definition) is 5. The van der Waals surface area contributed by atoms with Crippen LogP contribution in [0.5, 0.6) is 0 Å². The molecule has 0 aliphatic heterocycles. The average Bonchev–Trinajstić information content (AvgIpc) is 3.19. The maximum Gasteiger partial charge on any atom is 0.275 e. The van der Waals surface area contributed by atoms with Gasteiger partial charge in [-0.25, -0.2) is 9.36 Å². The number of aromatic nitrogens is 4. The van der Waals surface area contributed by atoms with Crippen molar-refractivity contribution < 1.29 is 9.59 Å². The van der Waals surface area contributed by atoms with Crippen LogP contribution in [0.4, 0.5) is 5.82 Å². The van der Waals surface area contributed by atoms with Crippen molar-refractivity contribution in [3.63, 3.8) is 0 Å². The molecule has 2 aromatic carbocycles. The molecule has 0 radical (unpaired) electrons. The summed E-state index contributed by atoms with van der Waals surface area (Å²) in [5.41, 5.74) is 5.52. The predicted octanol–water partition coefficient (Wildman–Crippen LogP) is 2.69. The molecular weight excluding hydrogens is 455 g/mol. The van der Waals surface area contributed by atoms with E-state index in [0.29, 0.717) is 21.2 Å². The summed E-state index contributed by atoms with van der Waals surface area (Å²) < 4.78 is 2.44. The Morgan fingerprint density at radius 1 is 1.00 bits per heavy atom. The highest BCUT2D eigenvalue weighted by Crippen LogP contribution is 2.26. The van der Waals surface area contributed by atoms with Crippen molar-refractivity contribution in [3.05, 3.63) is 86.4 Å². The van der Waals surface area contributed by atoms with Crippen LogP contribution in [-0.2, 0) is 17.9 Å². The Balaban J connectivity index is 1.58. The molecule has 11 heteroatoms. The number of hydrogen-bond donors (Lipinski definition) is 2. The Labute approximate surface area is 191 Å². The van der Waals surface area contributed by atoms with Crippen LogP contribution in [0.1, 0.15) is 16.1 Å². The van der Waals surface area contributed by atoms with Crippen molar-refractivity contribution in [2.45, 2.75) is 13.1 Å². The number of halogens is 2. The number of carbonyl (C=O) groups is 2. The second-order valence-corrected chi connectivity index (χ2v) is 7.64. The van der Waals surface area contributed by atoms with Gasteiger partial charge in [-0.2, -0.15) is 10.2 Å². The van der Waals surface area contributed by atoms with Crippen LogP contribution in [0.15, 0.2) is 59.5 Å². The smallest absolute Gasteiger partial charge is 0.275 e. The van der Waals surface area contributed by atoms with Gasteiger partial charge in [0.05, 0.1) is 28.2 Å². The minimum atomic E-state index is -0.799. The average molecular weight is 471 g/mol. The van der Waals surface area contributed by atoms with Crippen LogP contribution < -0.4 is 16.6 Å². The van der Waals surface area contributed by atoms with E-state index in [1.54, 1.807) is 48.5 Å². The summed E-state index contributed by atoms with van der Waals surface area (Å²) in [5, 5.41) is 12.3. The Bertz CT molecular complexity index is 1410. The number of nitrogens with zero attached hydrogens (tertiary/aromatic N) is 4. The second kappa shape index (κ2) is 8.81. The van der Waals surface area contributed by atoms with Gasteiger partial charge in [-0.1, -0.05) is 53.5 Å². The van der Waals surface area contributed by atoms with Crippen LogP contribution >= 0.6 is 23.2 Å². The molecule has 0 atom stereocenters. The van der Waals surface area contributed by atoms with Crippen molar-refractivity contribution in [2.75, 3.05) is 5.32 Å². The zero-order chi connectivity index (χ0) is 22.8. The summed E-state index contributed by atoms with van der Waals surface area (Å²) in [6.45, 7) is -0.158. The fraction of sp³-hybridized carbons (Fsp3) is 0.0952. The van der Waals surface area contributed by atoms with E-state index in [1.807, 2.05) is 0 Å². The highest BCUT2D eigenvalue weighted by molar-refractivity contribution is 6.42. The first-order valence-corrected chi connectivity index (χ1v) is 10.1. The molecule has 4 aromatic rings. The van der Waals surface area contributed by atoms with Gasteiger partial charge in [0, 0.05) is 11.5 Å². The number of nitrogens with one attached hydrogen (secondary N) is 1. The zero-order valence-electron chi connectivity index (χ0n) is 16.5. The lowest BCUT2D eigenvalue weighted by Crippen LogP contribution is -2.32. The van der Waals surface area contributed by atoms with E-state index in [0.717, 1.165) is 10.2 Å². The second-order valence-electron chi connectivity index (χ2n) is 6.86. The van der Waals surface area contributed by atoms with Gasteiger partial charge in [0.2, 0.25) is 5.91 Å². The summed E-state index contributed by atoms with van der Waals surface area (Å²) in [7, 11) is 0. The van der Waals surface area contributed by atoms with Gasteiger partial charge in [-0.15, -0.1) is 0 Å². The standard InChI is InChI=1S/C21H16Cl2N6O3/c22-15-7-3-4-12(18(15)23)10-28-16(8-9-25-28)26-17(30)11-29-21(32)14-6-2-1-5-13(14)19(27-29)20(24)31/h1-9H,10-11H2,(H2,24,31)(H,26,30). The van der Waals surface area contributed by atoms with Gasteiger partial charge in [0.1, 0.15) is 12.4 Å². The molecular formula is C21H16Cl2N6O3. The molecule has 0 unspecified atom stereocenters. The Morgan fingerprint density at radius 2 is 1.75 bits per heavy atom. The molecule has 0 saturated heterocycles. The van der Waals surface area contributed by atoms with E-state index in [9.17, 15) is 14.4 Å². The number of primary amides is 1. The molecule has 0 saturated carbocycles. The monoisotopic (exact) mass is 470 g/mol. The predicted molar refractivity (Wildman–Crippen MR) is 121 cm³/mol. The SMILES string of the molecule is NC(=O)c1nn(CC(=O)Nc2ccnn2Cc2cccc(Cl)c2Cl)c(=O)c2ccccc12. The minimum Gasteiger partial charge on any atom is -0.364 e. The molecule has 0 spiro atoms. The molecule has 0 aliphatic rings. The van der Waals surface area contributed by atoms with Gasteiger partial charge >= 0.3 is 0 Å². The van der Waals surface area contributed by atoms with Crippen LogP contribution in [0.2, 0.25) is 10.0 Å². The first kappa shape index (κ1) is 21.5. The molecule has 3 N–H and O–H groups in total. The quantitative estimate of drug-likeness (QED) is 0.448. The maximum atomic E-state index is 12.7. The molecule has 0 fully saturated rings. The lowest BCUT2D eigenvalue weighted by molar-refractivity contribution is -0.117. The summed E-state index contributed by atoms with van der Waals surface area (Å²) >= 11 is 12.3. The van der Waals surface area contributed by atoms with Crippen LogP contribution in [0.25, 0.3) is 10.8 Å². The highest BCUT2D eigenvalue weighted by Gasteiger charge is 2.17. The number of benzene rings is 2. The number of nitrogens with two attached hydrogens (primary N) is 1. The van der Waals surface area contributed by atoms with E-state index in [2.05, 4.69) is 15.5 Å². The number of carbonyl (C=O) groups excluding carboxylic acids is 2. The topological polar surface area (TPSA) is 125 Å². The van der Waals surface area contributed by atoms with Crippen molar-refractivity contribution in [1.82, 2.24) is 19.6 Å². The molecule has 2 heterocycles. The lowest BCUT2D eigenvalue weighted by atomic mass is 10.1. The van der Waals surface area contributed by atoms with Crippen molar-refractivity contribution in [3.8, 4) is 0 Å². The van der Waals surface area contributed by atoms with E-state index >= 15 is 0 Å². The van der Waals surface area contributed by atoms with Crippen LogP contribution in [0.3, 0.4) is 0 Å². The number of rotatable bonds is 6. The summed E-state index contributed by atoms with van der Waals surface area (Å²) in [6.07, 6.45) is 1.51. The van der Waals surface area contributed by atoms with Crippen LogP contribution in [0, 0.1) is 0 Å². The third-order valence-electron chi connectivity index (χ3n) is 4.73. The van der Waals surface area contributed by atoms with Gasteiger partial charge < -0.3 is 11.1 Å². The van der Waals surface area contributed by atoms with E-state index in [1.165, 1.54) is 10.9 Å². The van der Waals surface area contributed by atoms with Gasteiger partial charge in [0.15, 0.2) is 5.69 Å². The Hall–Kier alpha value is -3.69. The maximum absolute atomic E-state index is 12.7. The van der Waals surface area contributed by atoms with Crippen molar-refractivity contribution >= 4 is 51.6 Å². The van der Waals surface area contributed by atoms with E-state index in [4.69, 9.17) is 28.9 Å². The Morgan fingerprint density at radius 3 is 2.50 bits per heavy atom. The minimum absolute atomic E-state index is 0.0892. The summed E-state index contributed by atoms with van der Waals surface area (Å²) in [5.74, 6) is -0.953. The first-order chi connectivity index (χ1) is 15.3. The van der Waals surface area contributed by atoms with Gasteiger partial charge in [-0.3, -0.25) is 14.4 Å². The van der Waals surface area contributed by atoms with Crippen molar-refractivity contribution in [2.24, 2.45) is 5.73 Å². The van der Waals surface area contributed by atoms with Gasteiger partial charge in [0.25, 0.3) is 11.5 Å². The molecule has 2 aromatic heterocycles. The summed E-state index contributed by atoms with van der Waals surface area (Å²) in [6, 6.07) is 13.3. The largest absolute Gasteiger partial charge is 0.364 e. The summed E-state index contributed by atoms with van der Waals surface area (Å²) in [4.78, 5) is 37.2. The molecule has 9 nitrogen and oxygen atoms in total. The molecule has 0 bridgehead atoms. The molecule has 162 valence electrons. The van der Waals surface area contributed by atoms with Crippen LogP contribution in [-0.4, -0.2) is 31.4 Å². The normalized spacial score (nSPS) is 10.9. The third-order valence-corrected chi connectivity index (χ3v) is 5.59. The first-order valence-electron chi connectivity index (χ1n) is 9.39. The number of amides is 2. The molecule has 2 amide bonds. The Kier molecular flexibility index (Phi) is 5.93. The fourth-order valence-corrected chi connectivity index (χ4v) is 3.62. The molecule has 4 rings (SSSR count). The highest BCUT2D eigenvalue weighted by atomic mass is 35.5. The molecule has 0 aliphatic carbocycles. The lowest BCUT2D eigenvalue weighted by Gasteiger charge is -2.12. The fourth-order valence-electron chi connectivity index (χ4n) is 3.24. The van der Waals surface area contributed by atoms with Gasteiger partial charge in [-0.05, 0) is 17.7 Å². The van der Waals surface area contributed by atoms with E-state index < -0.39 is 23.9 Å². The zero-order valence-corrected chi connectivity index (χ0v) is 18.0. The van der Waals surface area contributed by atoms with Crippen molar-refractivity contribution in [1.29, 1.82) is 0 Å². The molecule has 32 heavy (non-hydrogen) atoms.